The Morgan fingerprint density at radius 3 is 2.50 bits per heavy atom. The van der Waals surface area contributed by atoms with E-state index in [4.69, 9.17) is 15.6 Å². The average molecular weight is 355 g/mol. The van der Waals surface area contributed by atoms with Gasteiger partial charge >= 0.3 is 6.09 Å². The van der Waals surface area contributed by atoms with Gasteiger partial charge in [-0.3, -0.25) is 4.40 Å². The molecule has 10 nitrogen and oxygen atoms in total. The summed E-state index contributed by atoms with van der Waals surface area (Å²) < 4.78 is 7.79. The molecule has 0 bridgehead atoms. The molecule has 1 aliphatic heterocycles. The molecule has 1 amide bonds. The monoisotopic (exact) mass is 355 g/mol. The summed E-state index contributed by atoms with van der Waals surface area (Å²) in [5, 5.41) is 9.01. The molecule has 3 aromatic heterocycles. The van der Waals surface area contributed by atoms with Gasteiger partial charge in [0.1, 0.15) is 6.10 Å². The highest BCUT2D eigenvalue weighted by atomic mass is 16.5. The predicted octanol–water partition coefficient (Wildman–Crippen LogP) is 1.29. The van der Waals surface area contributed by atoms with Crippen molar-refractivity contribution in [1.29, 1.82) is 0 Å². The fourth-order valence-electron chi connectivity index (χ4n) is 2.96. The van der Waals surface area contributed by atoms with Gasteiger partial charge in [-0.1, -0.05) is 0 Å². The number of hydrogen-bond donors (Lipinski definition) is 2. The van der Waals surface area contributed by atoms with Crippen LogP contribution in [0.5, 0.6) is 5.75 Å². The molecule has 0 unspecified atom stereocenters. The fourth-order valence-corrected chi connectivity index (χ4v) is 2.96. The number of imidazole rings is 1. The van der Waals surface area contributed by atoms with Crippen LogP contribution in [0, 0.1) is 0 Å². The highest BCUT2D eigenvalue weighted by Gasteiger charge is 2.23. The fraction of sp³-hybridized carbons (Fsp3) is 0.312. The number of anilines is 1. The van der Waals surface area contributed by atoms with Crippen molar-refractivity contribution < 1.29 is 14.6 Å². The molecule has 4 rings (SSSR count). The Bertz CT molecular complexity index is 933. The highest BCUT2D eigenvalue weighted by Crippen LogP contribution is 2.23. The topological polar surface area (TPSA) is 132 Å². The van der Waals surface area contributed by atoms with Crippen molar-refractivity contribution in [1.82, 2.24) is 29.2 Å². The van der Waals surface area contributed by atoms with Gasteiger partial charge in [-0.05, 0) is 0 Å². The molecule has 26 heavy (non-hydrogen) atoms. The number of carboxylic acid groups (broad SMARTS) is 1. The van der Waals surface area contributed by atoms with Crippen LogP contribution in [0.25, 0.3) is 17.0 Å². The zero-order valence-electron chi connectivity index (χ0n) is 13.8. The van der Waals surface area contributed by atoms with Gasteiger partial charge in [0.15, 0.2) is 5.75 Å². The Morgan fingerprint density at radius 1 is 1.12 bits per heavy atom. The average Bonchev–Trinajstić information content (AvgIpc) is 3.06. The number of ether oxygens (including phenoxy) is 1. The van der Waals surface area contributed by atoms with E-state index in [0.717, 1.165) is 11.3 Å². The number of nitrogens with two attached hydrogens (primary N) is 1. The Morgan fingerprint density at radius 2 is 1.81 bits per heavy atom. The molecule has 0 atom stereocenters. The molecule has 0 aromatic carbocycles. The largest absolute Gasteiger partial charge is 0.487 e. The normalized spacial score (nSPS) is 15.3. The third-order valence-corrected chi connectivity index (χ3v) is 4.32. The molecule has 1 aliphatic rings. The molecular formula is C16H17N7O3. The van der Waals surface area contributed by atoms with Gasteiger partial charge in [-0.15, -0.1) is 0 Å². The van der Waals surface area contributed by atoms with Crippen molar-refractivity contribution in [3.8, 4) is 17.0 Å². The maximum Gasteiger partial charge on any atom is 0.407 e. The van der Waals surface area contributed by atoms with Crippen LogP contribution in [0.4, 0.5) is 10.7 Å². The summed E-state index contributed by atoms with van der Waals surface area (Å²) in [5.41, 5.74) is 7.07. The summed E-state index contributed by atoms with van der Waals surface area (Å²) in [6, 6.07) is 0. The summed E-state index contributed by atoms with van der Waals surface area (Å²) in [6.45, 7) is 0.934. The third kappa shape index (κ3) is 3.08. The molecule has 0 radical (unpaired) electrons. The first-order valence-corrected chi connectivity index (χ1v) is 8.15. The van der Waals surface area contributed by atoms with E-state index in [1.807, 2.05) is 6.20 Å². The molecule has 3 aromatic rings. The maximum atomic E-state index is 11.0. The molecule has 0 aliphatic carbocycles. The van der Waals surface area contributed by atoms with E-state index < -0.39 is 6.09 Å². The summed E-state index contributed by atoms with van der Waals surface area (Å²) in [7, 11) is 0. The number of nitrogens with zero attached hydrogens (tertiary/aromatic N) is 6. The predicted molar refractivity (Wildman–Crippen MR) is 91.7 cm³/mol. The zero-order chi connectivity index (χ0) is 18.1. The lowest BCUT2D eigenvalue weighted by Gasteiger charge is -2.30. The number of likely N-dealkylation sites (tertiary alicyclic amines) is 1. The lowest BCUT2D eigenvalue weighted by molar-refractivity contribution is 0.0890. The number of piperidine rings is 1. The second kappa shape index (κ2) is 6.47. The first kappa shape index (κ1) is 16.1. The van der Waals surface area contributed by atoms with E-state index in [-0.39, 0.29) is 12.1 Å². The van der Waals surface area contributed by atoms with Crippen molar-refractivity contribution in [3.05, 3.63) is 31.0 Å². The SMILES string of the molecule is Nc1ncc(-c2cnc3ncc(OC4CCN(C(=O)O)CC4)cn23)cn1. The molecule has 134 valence electrons. The lowest BCUT2D eigenvalue weighted by atomic mass is 10.1. The van der Waals surface area contributed by atoms with Gasteiger partial charge < -0.3 is 20.5 Å². The molecule has 0 spiro atoms. The molecule has 1 fully saturated rings. The molecule has 10 heteroatoms. The van der Waals surface area contributed by atoms with Crippen LogP contribution in [-0.2, 0) is 0 Å². The first-order chi connectivity index (χ1) is 12.6. The number of amides is 1. The Labute approximate surface area is 148 Å². The van der Waals surface area contributed by atoms with E-state index in [1.165, 1.54) is 4.90 Å². The summed E-state index contributed by atoms with van der Waals surface area (Å²) in [4.78, 5) is 29.0. The van der Waals surface area contributed by atoms with Gasteiger partial charge in [0.05, 0.1) is 24.3 Å². The second-order valence-electron chi connectivity index (χ2n) is 6.02. The van der Waals surface area contributed by atoms with E-state index in [9.17, 15) is 4.79 Å². The number of nitrogen functional groups attached to an aromatic ring is 1. The van der Waals surface area contributed by atoms with Crippen molar-refractivity contribution in [2.45, 2.75) is 18.9 Å². The van der Waals surface area contributed by atoms with E-state index in [2.05, 4.69) is 19.9 Å². The third-order valence-electron chi connectivity index (χ3n) is 4.32. The van der Waals surface area contributed by atoms with Crippen LogP contribution in [-0.4, -0.2) is 59.6 Å². The van der Waals surface area contributed by atoms with Gasteiger partial charge in [-0.2, -0.15) is 0 Å². The Balaban J connectivity index is 1.55. The Kier molecular flexibility index (Phi) is 3.99. The quantitative estimate of drug-likeness (QED) is 0.718. The summed E-state index contributed by atoms with van der Waals surface area (Å²) in [6.07, 6.45) is 8.73. The van der Waals surface area contributed by atoms with Crippen molar-refractivity contribution in [3.63, 3.8) is 0 Å². The smallest absolute Gasteiger partial charge is 0.407 e. The number of aromatic nitrogens is 5. The molecule has 0 saturated carbocycles. The van der Waals surface area contributed by atoms with Crippen LogP contribution < -0.4 is 10.5 Å². The summed E-state index contributed by atoms with van der Waals surface area (Å²) >= 11 is 0. The Hall–Kier alpha value is -3.43. The van der Waals surface area contributed by atoms with Crippen LogP contribution in [0.3, 0.4) is 0 Å². The van der Waals surface area contributed by atoms with Gasteiger partial charge in [-0.25, -0.2) is 24.7 Å². The number of hydrogen-bond acceptors (Lipinski definition) is 7. The van der Waals surface area contributed by atoms with Gasteiger partial charge in [0, 0.05) is 43.9 Å². The standard InChI is InChI=1S/C16H17N7O3/c17-14-18-5-10(6-19-14)13-8-21-15-20-7-12(9-23(13)15)26-11-1-3-22(4-2-11)16(24)25/h5-9,11H,1-4H2,(H,24,25)(H2,17,18,19). The lowest BCUT2D eigenvalue weighted by Crippen LogP contribution is -2.41. The van der Waals surface area contributed by atoms with Gasteiger partial charge in [0.2, 0.25) is 11.7 Å². The van der Waals surface area contributed by atoms with Gasteiger partial charge in [0.25, 0.3) is 0 Å². The minimum absolute atomic E-state index is 0.0447. The van der Waals surface area contributed by atoms with Crippen molar-refractivity contribution >= 4 is 17.8 Å². The van der Waals surface area contributed by atoms with Crippen molar-refractivity contribution in [2.24, 2.45) is 0 Å². The minimum Gasteiger partial charge on any atom is -0.487 e. The molecule has 3 N–H and O–H groups in total. The highest BCUT2D eigenvalue weighted by molar-refractivity contribution is 5.65. The first-order valence-electron chi connectivity index (χ1n) is 8.15. The zero-order valence-corrected chi connectivity index (χ0v) is 13.8. The number of rotatable bonds is 3. The summed E-state index contributed by atoms with van der Waals surface area (Å²) in [5.74, 6) is 1.34. The number of carbonyl (C=O) groups is 1. The molecular weight excluding hydrogens is 338 g/mol. The van der Waals surface area contributed by atoms with Crippen LogP contribution in [0.1, 0.15) is 12.8 Å². The molecule has 4 heterocycles. The van der Waals surface area contributed by atoms with E-state index >= 15 is 0 Å². The van der Waals surface area contributed by atoms with Crippen molar-refractivity contribution in [2.75, 3.05) is 18.8 Å². The minimum atomic E-state index is -0.889. The van der Waals surface area contributed by atoms with E-state index in [0.29, 0.717) is 37.5 Å². The van der Waals surface area contributed by atoms with Crippen LogP contribution >= 0.6 is 0 Å². The van der Waals surface area contributed by atoms with Crippen LogP contribution in [0.2, 0.25) is 0 Å². The van der Waals surface area contributed by atoms with Crippen LogP contribution in [0.15, 0.2) is 31.0 Å². The maximum absolute atomic E-state index is 11.0. The van der Waals surface area contributed by atoms with E-state index in [1.54, 1.807) is 29.2 Å². The second-order valence-corrected chi connectivity index (χ2v) is 6.02. The molecule has 1 saturated heterocycles. The number of fused-ring (bicyclic) bond motifs is 1.